The van der Waals surface area contributed by atoms with Crippen molar-refractivity contribution in [1.82, 2.24) is 0 Å². The van der Waals surface area contributed by atoms with Gasteiger partial charge in [-0.2, -0.15) is 5.26 Å². The lowest BCUT2D eigenvalue weighted by atomic mass is 9.91. The summed E-state index contributed by atoms with van der Waals surface area (Å²) in [4.78, 5) is 24.0. The highest BCUT2D eigenvalue weighted by Crippen LogP contribution is 2.24. The van der Waals surface area contributed by atoms with Gasteiger partial charge in [0.2, 0.25) is 0 Å². The molecule has 2 aromatic rings. The number of hydrogen-bond donors (Lipinski definition) is 1. The Hall–Kier alpha value is -2.93. The molecule has 0 aliphatic carbocycles. The quantitative estimate of drug-likeness (QED) is 0.420. The number of ketones is 1. The molecular weight excluding hydrogens is 350 g/mol. The zero-order valence-corrected chi connectivity index (χ0v) is 16.4. The molecule has 0 aliphatic rings. The summed E-state index contributed by atoms with van der Waals surface area (Å²) < 4.78 is 0. The first kappa shape index (κ1) is 21.4. The maximum Gasteiger partial charge on any atom is 0.314 e. The Bertz CT molecular complexity index is 834. The van der Waals surface area contributed by atoms with E-state index in [0.29, 0.717) is 12.0 Å². The first-order valence-electron chi connectivity index (χ1n) is 9.90. The number of Topliss-reactive ketones (excluding diaryl/α,β-unsaturated/α-hetero) is 1. The van der Waals surface area contributed by atoms with E-state index in [1.165, 1.54) is 0 Å². The number of unbranched alkanes of at least 4 members (excludes halogenated alkanes) is 4. The lowest BCUT2D eigenvalue weighted by molar-refractivity contribution is -0.146. The number of nitriles is 1. The predicted molar refractivity (Wildman–Crippen MR) is 110 cm³/mol. The average molecular weight is 377 g/mol. The van der Waals surface area contributed by atoms with Crippen LogP contribution in [0.4, 0.5) is 0 Å². The van der Waals surface area contributed by atoms with Crippen LogP contribution >= 0.6 is 0 Å². The van der Waals surface area contributed by atoms with Crippen LogP contribution in [0.5, 0.6) is 0 Å². The highest BCUT2D eigenvalue weighted by Gasteiger charge is 2.25. The second-order valence-corrected chi connectivity index (χ2v) is 7.08. The number of carbonyl (C=O) groups is 2. The van der Waals surface area contributed by atoms with Crippen LogP contribution in [-0.2, 0) is 16.0 Å². The number of carboxylic acids is 1. The molecule has 1 N–H and O–H groups in total. The fourth-order valence-corrected chi connectivity index (χ4v) is 3.30. The third-order valence-electron chi connectivity index (χ3n) is 4.97. The Morgan fingerprint density at radius 1 is 1.00 bits per heavy atom. The zero-order valence-electron chi connectivity index (χ0n) is 16.4. The molecule has 4 heteroatoms. The molecule has 0 heterocycles. The van der Waals surface area contributed by atoms with Crippen LogP contribution in [0.15, 0.2) is 48.5 Å². The van der Waals surface area contributed by atoms with Crippen LogP contribution in [0, 0.1) is 17.2 Å². The van der Waals surface area contributed by atoms with E-state index < -0.39 is 11.9 Å². The van der Waals surface area contributed by atoms with Crippen LogP contribution in [0.2, 0.25) is 0 Å². The number of carbonyl (C=O) groups excluding carboxylic acids is 1. The van der Waals surface area contributed by atoms with Crippen molar-refractivity contribution in [3.05, 3.63) is 59.7 Å². The summed E-state index contributed by atoms with van der Waals surface area (Å²) in [6, 6.07) is 17.0. The van der Waals surface area contributed by atoms with Crippen LogP contribution < -0.4 is 0 Å². The van der Waals surface area contributed by atoms with Crippen LogP contribution in [0.3, 0.4) is 0 Å². The topological polar surface area (TPSA) is 78.2 Å². The van der Waals surface area contributed by atoms with Gasteiger partial charge >= 0.3 is 5.97 Å². The summed E-state index contributed by atoms with van der Waals surface area (Å²) in [6.07, 6.45) is 5.63. The first-order chi connectivity index (χ1) is 13.6. The van der Waals surface area contributed by atoms with Crippen molar-refractivity contribution in [2.75, 3.05) is 0 Å². The van der Waals surface area contributed by atoms with Gasteiger partial charge in [0.05, 0.1) is 11.6 Å². The molecule has 0 saturated carbocycles. The Balaban J connectivity index is 2.02. The van der Waals surface area contributed by atoms with Gasteiger partial charge in [-0.15, -0.1) is 0 Å². The molecule has 0 fully saturated rings. The van der Waals surface area contributed by atoms with Gasteiger partial charge in [0.15, 0.2) is 0 Å². The van der Waals surface area contributed by atoms with Crippen LogP contribution in [-0.4, -0.2) is 16.9 Å². The molecule has 4 nitrogen and oxygen atoms in total. The minimum atomic E-state index is -1.06. The van der Waals surface area contributed by atoms with Gasteiger partial charge in [0, 0.05) is 6.42 Å². The predicted octanol–water partition coefficient (Wildman–Crippen LogP) is 5.40. The number of carboxylic acid groups (broad SMARTS) is 1. The summed E-state index contributed by atoms with van der Waals surface area (Å²) in [6.45, 7) is 2.13. The lowest BCUT2D eigenvalue weighted by Crippen LogP contribution is -2.26. The molecule has 0 amide bonds. The number of nitrogens with zero attached hydrogens (tertiary/aromatic N) is 1. The van der Waals surface area contributed by atoms with E-state index in [0.717, 1.165) is 48.8 Å². The Morgan fingerprint density at radius 2 is 1.68 bits per heavy atom. The van der Waals surface area contributed by atoms with Crippen LogP contribution in [0.25, 0.3) is 11.1 Å². The smallest absolute Gasteiger partial charge is 0.314 e. The van der Waals surface area contributed by atoms with Gasteiger partial charge in [-0.05, 0) is 35.6 Å². The van der Waals surface area contributed by atoms with E-state index in [1.807, 2.05) is 42.5 Å². The fraction of sp³-hybridized carbons (Fsp3) is 0.375. The maximum absolute atomic E-state index is 12.4. The van der Waals surface area contributed by atoms with Gasteiger partial charge in [0.1, 0.15) is 11.7 Å². The Labute approximate surface area is 166 Å². The van der Waals surface area contributed by atoms with Gasteiger partial charge in [-0.25, -0.2) is 0 Å². The summed E-state index contributed by atoms with van der Waals surface area (Å²) in [5.74, 6) is -2.25. The molecule has 2 rings (SSSR count). The third-order valence-corrected chi connectivity index (χ3v) is 4.97. The van der Waals surface area contributed by atoms with E-state index in [9.17, 15) is 20.0 Å². The Morgan fingerprint density at radius 3 is 2.32 bits per heavy atom. The minimum Gasteiger partial charge on any atom is -0.481 e. The highest BCUT2D eigenvalue weighted by atomic mass is 16.4. The minimum absolute atomic E-state index is 0.192. The molecule has 0 bridgehead atoms. The van der Waals surface area contributed by atoms with Crippen molar-refractivity contribution in [2.45, 2.75) is 51.9 Å². The van der Waals surface area contributed by atoms with Crippen molar-refractivity contribution in [2.24, 2.45) is 5.92 Å². The number of benzene rings is 2. The summed E-state index contributed by atoms with van der Waals surface area (Å²) in [5, 5.41) is 18.7. The third kappa shape index (κ3) is 6.06. The van der Waals surface area contributed by atoms with Crippen molar-refractivity contribution < 1.29 is 14.7 Å². The second-order valence-electron chi connectivity index (χ2n) is 7.08. The molecule has 2 aromatic carbocycles. The lowest BCUT2D eigenvalue weighted by Gasteiger charge is -2.12. The van der Waals surface area contributed by atoms with Gasteiger partial charge < -0.3 is 5.11 Å². The molecule has 0 aliphatic heterocycles. The molecular formula is C24H27NO3. The second kappa shape index (κ2) is 11.0. The molecule has 28 heavy (non-hydrogen) atoms. The summed E-state index contributed by atoms with van der Waals surface area (Å²) in [7, 11) is 0. The Kier molecular flexibility index (Phi) is 8.42. The van der Waals surface area contributed by atoms with Crippen molar-refractivity contribution in [3.8, 4) is 17.2 Å². The molecule has 146 valence electrons. The van der Waals surface area contributed by atoms with Crippen molar-refractivity contribution >= 4 is 11.8 Å². The molecule has 0 aromatic heterocycles. The summed E-state index contributed by atoms with van der Waals surface area (Å²) >= 11 is 0. The summed E-state index contributed by atoms with van der Waals surface area (Å²) in [5.41, 5.74) is 3.14. The SMILES string of the molecule is CCCCCCCC(=O)C(Cc1ccc(-c2ccccc2C#N)cc1)C(=O)O. The molecule has 0 radical (unpaired) electrons. The number of aliphatic carboxylic acids is 1. The molecule has 1 atom stereocenters. The molecule has 1 unspecified atom stereocenters. The van der Waals surface area contributed by atoms with Crippen molar-refractivity contribution in [1.29, 1.82) is 5.26 Å². The van der Waals surface area contributed by atoms with E-state index in [-0.39, 0.29) is 12.2 Å². The van der Waals surface area contributed by atoms with Gasteiger partial charge in [-0.1, -0.05) is 75.1 Å². The standard InChI is InChI=1S/C24H27NO3/c1-2-3-4-5-6-11-23(26)22(24(27)28)16-18-12-14-19(15-13-18)21-10-8-7-9-20(21)17-25/h7-10,12-15,22H,2-6,11,16H2,1H3,(H,27,28). The number of hydrogen-bond acceptors (Lipinski definition) is 3. The van der Waals surface area contributed by atoms with E-state index in [4.69, 9.17) is 0 Å². The number of rotatable bonds is 11. The van der Waals surface area contributed by atoms with E-state index in [2.05, 4.69) is 13.0 Å². The fourth-order valence-electron chi connectivity index (χ4n) is 3.30. The van der Waals surface area contributed by atoms with E-state index in [1.54, 1.807) is 6.07 Å². The highest BCUT2D eigenvalue weighted by molar-refractivity contribution is 5.98. The van der Waals surface area contributed by atoms with Crippen LogP contribution in [0.1, 0.15) is 56.6 Å². The first-order valence-corrected chi connectivity index (χ1v) is 9.90. The maximum atomic E-state index is 12.4. The largest absolute Gasteiger partial charge is 0.481 e. The zero-order chi connectivity index (χ0) is 20.4. The normalized spacial score (nSPS) is 11.6. The van der Waals surface area contributed by atoms with E-state index >= 15 is 0 Å². The van der Waals surface area contributed by atoms with Gasteiger partial charge in [0.25, 0.3) is 0 Å². The van der Waals surface area contributed by atoms with Gasteiger partial charge in [-0.3, -0.25) is 9.59 Å². The van der Waals surface area contributed by atoms with Crippen molar-refractivity contribution in [3.63, 3.8) is 0 Å². The average Bonchev–Trinajstić information content (AvgIpc) is 2.72. The molecule has 0 spiro atoms. The monoisotopic (exact) mass is 377 g/mol. The molecule has 0 saturated heterocycles.